The zero-order valence-corrected chi connectivity index (χ0v) is 24.1. The number of benzene rings is 2. The van der Waals surface area contributed by atoms with E-state index in [2.05, 4.69) is 21.3 Å². The van der Waals surface area contributed by atoms with Gasteiger partial charge >= 0.3 is 0 Å². The van der Waals surface area contributed by atoms with Crippen LogP contribution in [0.2, 0.25) is 0 Å². The first-order valence-corrected chi connectivity index (χ1v) is 13.4. The van der Waals surface area contributed by atoms with Gasteiger partial charge in [-0.25, -0.2) is 0 Å². The molecule has 2 aromatic carbocycles. The van der Waals surface area contributed by atoms with Crippen molar-refractivity contribution in [1.82, 2.24) is 21.3 Å². The number of nitrogens with two attached hydrogens (primary N) is 3. The Hall–Kier alpha value is -5.05. The molecule has 2 aromatic rings. The van der Waals surface area contributed by atoms with E-state index in [1.807, 2.05) is 0 Å². The van der Waals surface area contributed by atoms with Gasteiger partial charge in [-0.1, -0.05) is 18.2 Å². The minimum absolute atomic E-state index is 0.0656. The van der Waals surface area contributed by atoms with E-state index in [-0.39, 0.29) is 37.5 Å². The van der Waals surface area contributed by atoms with Gasteiger partial charge < -0.3 is 53.0 Å². The van der Waals surface area contributed by atoms with E-state index < -0.39 is 48.3 Å². The number of guanidine groups is 1. The van der Waals surface area contributed by atoms with Crippen LogP contribution in [-0.4, -0.2) is 80.1 Å². The van der Waals surface area contributed by atoms with E-state index in [0.29, 0.717) is 29.0 Å². The highest BCUT2D eigenvalue weighted by molar-refractivity contribution is 5.93. The van der Waals surface area contributed by atoms with Crippen molar-refractivity contribution in [2.24, 2.45) is 17.2 Å². The summed E-state index contributed by atoms with van der Waals surface area (Å²) in [5.41, 5.74) is 18.2. The minimum Gasteiger partial charge on any atom is -0.508 e. The maximum atomic E-state index is 13.0. The van der Waals surface area contributed by atoms with Crippen LogP contribution in [0, 0.1) is 5.41 Å². The molecule has 12 N–H and O–H groups in total. The first-order valence-electron chi connectivity index (χ1n) is 13.4. The largest absolute Gasteiger partial charge is 0.508 e. The number of carbonyl (C=O) groups excluding carboxylic acids is 4. The SMILES string of the molecule is COc1ccc(C[C@H](NC(=O)CNC(=O)[C@@H](CCCNC(=N)N)NC(=O)[C@@H](N)Cc2ccc(O)cc2)C(N)=O)cc1OC. The summed E-state index contributed by atoms with van der Waals surface area (Å²) < 4.78 is 10.5. The number of phenols is 1. The number of ether oxygens (including phenoxy) is 2. The van der Waals surface area contributed by atoms with Crippen LogP contribution in [-0.2, 0) is 32.0 Å². The lowest BCUT2D eigenvalue weighted by molar-refractivity contribution is -0.131. The third kappa shape index (κ3) is 11.8. The highest BCUT2D eigenvalue weighted by Crippen LogP contribution is 2.28. The van der Waals surface area contributed by atoms with Crippen LogP contribution in [0.3, 0.4) is 0 Å². The fraction of sp³-hybridized carbons (Fsp3) is 0.393. The predicted molar refractivity (Wildman–Crippen MR) is 158 cm³/mol. The second-order valence-corrected chi connectivity index (χ2v) is 9.65. The van der Waals surface area contributed by atoms with E-state index >= 15 is 0 Å². The second kappa shape index (κ2) is 17.0. The van der Waals surface area contributed by atoms with Crippen LogP contribution >= 0.6 is 0 Å². The lowest BCUT2D eigenvalue weighted by Gasteiger charge is -2.21. The van der Waals surface area contributed by atoms with E-state index in [1.54, 1.807) is 30.3 Å². The number of nitrogens with one attached hydrogen (secondary N) is 5. The lowest BCUT2D eigenvalue weighted by atomic mass is 10.0. The Kier molecular flexibility index (Phi) is 13.5. The maximum absolute atomic E-state index is 13.0. The number of amides is 4. The van der Waals surface area contributed by atoms with Gasteiger partial charge in [0.2, 0.25) is 23.6 Å². The quantitative estimate of drug-likeness (QED) is 0.0568. The molecule has 15 heteroatoms. The molecule has 0 saturated carbocycles. The maximum Gasteiger partial charge on any atom is 0.243 e. The number of carbonyl (C=O) groups is 4. The summed E-state index contributed by atoms with van der Waals surface area (Å²) in [7, 11) is 2.96. The molecule has 4 amide bonds. The number of aromatic hydroxyl groups is 1. The Bertz CT molecular complexity index is 1270. The fourth-order valence-electron chi connectivity index (χ4n) is 4.06. The molecule has 0 aromatic heterocycles. The molecule has 0 aliphatic rings. The average molecular weight is 601 g/mol. The van der Waals surface area contributed by atoms with Crippen LogP contribution in [0.4, 0.5) is 0 Å². The van der Waals surface area contributed by atoms with E-state index in [9.17, 15) is 24.3 Å². The van der Waals surface area contributed by atoms with Crippen molar-refractivity contribution in [3.8, 4) is 17.2 Å². The molecule has 43 heavy (non-hydrogen) atoms. The molecule has 3 atom stereocenters. The van der Waals surface area contributed by atoms with Crippen molar-refractivity contribution in [2.75, 3.05) is 27.3 Å². The second-order valence-electron chi connectivity index (χ2n) is 9.65. The molecule has 2 rings (SSSR count). The van der Waals surface area contributed by atoms with Crippen molar-refractivity contribution in [1.29, 1.82) is 5.41 Å². The van der Waals surface area contributed by atoms with Gasteiger partial charge in [0, 0.05) is 13.0 Å². The van der Waals surface area contributed by atoms with Crippen molar-refractivity contribution < 1.29 is 33.8 Å². The van der Waals surface area contributed by atoms with Crippen molar-refractivity contribution >= 4 is 29.6 Å². The van der Waals surface area contributed by atoms with Gasteiger partial charge in [0.25, 0.3) is 0 Å². The lowest BCUT2D eigenvalue weighted by Crippen LogP contribution is -2.54. The summed E-state index contributed by atoms with van der Waals surface area (Å²) >= 11 is 0. The molecule has 0 saturated heterocycles. The molecule has 0 spiro atoms. The number of phenolic OH excluding ortho intramolecular Hbond substituents is 1. The van der Waals surface area contributed by atoms with Crippen molar-refractivity contribution in [3.63, 3.8) is 0 Å². The van der Waals surface area contributed by atoms with Gasteiger partial charge in [0.1, 0.15) is 17.8 Å². The van der Waals surface area contributed by atoms with Crippen molar-refractivity contribution in [3.05, 3.63) is 53.6 Å². The first kappa shape index (κ1) is 34.2. The third-order valence-electron chi connectivity index (χ3n) is 6.34. The Labute approximate surface area is 249 Å². The minimum atomic E-state index is -1.08. The summed E-state index contributed by atoms with van der Waals surface area (Å²) in [6.45, 7) is -0.225. The van der Waals surface area contributed by atoms with Crippen LogP contribution in [0.5, 0.6) is 17.2 Å². The standard InChI is InChI=1S/C28H40N8O7/c1-42-22-10-7-17(14-23(22)43-2)13-21(25(30)39)35-24(38)15-34-27(41)20(4-3-11-33-28(31)32)36-26(40)19(29)12-16-5-8-18(37)9-6-16/h5-10,14,19-21,37H,3-4,11-13,15,29H2,1-2H3,(H2,30,39)(H,34,41)(H,35,38)(H,36,40)(H4,31,32,33)/t19-,20+,21-/m0/s1. The zero-order chi connectivity index (χ0) is 31.9. The number of rotatable bonds is 17. The van der Waals surface area contributed by atoms with Crippen LogP contribution < -0.4 is 47.9 Å². The Morgan fingerprint density at radius 1 is 0.860 bits per heavy atom. The summed E-state index contributed by atoms with van der Waals surface area (Å²) in [6, 6.07) is 8.09. The summed E-state index contributed by atoms with van der Waals surface area (Å²) in [6.07, 6.45) is 0.723. The Balaban J connectivity index is 2.00. The summed E-state index contributed by atoms with van der Waals surface area (Å²) in [5.74, 6) is -1.94. The molecule has 0 aliphatic carbocycles. The summed E-state index contributed by atoms with van der Waals surface area (Å²) in [5, 5.41) is 26.9. The highest BCUT2D eigenvalue weighted by Gasteiger charge is 2.25. The van der Waals surface area contributed by atoms with Crippen LogP contribution in [0.25, 0.3) is 0 Å². The predicted octanol–water partition coefficient (Wildman–Crippen LogP) is -1.64. The fourth-order valence-corrected chi connectivity index (χ4v) is 4.06. The smallest absolute Gasteiger partial charge is 0.243 e. The molecule has 234 valence electrons. The number of hydrogen-bond acceptors (Lipinski definition) is 9. The molecule has 0 bridgehead atoms. The van der Waals surface area contributed by atoms with Gasteiger partial charge in [0.15, 0.2) is 17.5 Å². The number of hydrogen-bond donors (Lipinski definition) is 9. The molecular formula is C28H40N8O7. The van der Waals surface area contributed by atoms with E-state index in [1.165, 1.54) is 26.4 Å². The van der Waals surface area contributed by atoms with Crippen molar-refractivity contribution in [2.45, 2.75) is 43.8 Å². The third-order valence-corrected chi connectivity index (χ3v) is 6.34. The molecular weight excluding hydrogens is 560 g/mol. The van der Waals surface area contributed by atoms with E-state index in [4.69, 9.17) is 32.1 Å². The van der Waals surface area contributed by atoms with Gasteiger partial charge in [0.05, 0.1) is 26.8 Å². The normalized spacial score (nSPS) is 12.6. The summed E-state index contributed by atoms with van der Waals surface area (Å²) in [4.78, 5) is 50.5. The monoisotopic (exact) mass is 600 g/mol. The van der Waals surface area contributed by atoms with Crippen LogP contribution in [0.1, 0.15) is 24.0 Å². The van der Waals surface area contributed by atoms with E-state index in [0.717, 1.165) is 0 Å². The molecule has 0 heterocycles. The van der Waals surface area contributed by atoms with Gasteiger partial charge in [-0.3, -0.25) is 24.6 Å². The average Bonchev–Trinajstić information content (AvgIpc) is 2.97. The molecule has 0 unspecified atom stereocenters. The Morgan fingerprint density at radius 2 is 1.51 bits per heavy atom. The number of primary amides is 1. The highest BCUT2D eigenvalue weighted by atomic mass is 16.5. The molecule has 15 nitrogen and oxygen atoms in total. The van der Waals surface area contributed by atoms with Crippen LogP contribution in [0.15, 0.2) is 42.5 Å². The Morgan fingerprint density at radius 3 is 2.12 bits per heavy atom. The molecule has 0 aliphatic heterocycles. The van der Waals surface area contributed by atoms with Gasteiger partial charge in [-0.2, -0.15) is 0 Å². The van der Waals surface area contributed by atoms with Gasteiger partial charge in [-0.15, -0.1) is 0 Å². The number of methoxy groups -OCH3 is 2. The topological polar surface area (TPSA) is 257 Å². The molecule has 0 fully saturated rings. The zero-order valence-electron chi connectivity index (χ0n) is 24.1. The first-order chi connectivity index (χ1) is 20.4. The molecule has 0 radical (unpaired) electrons. The van der Waals surface area contributed by atoms with Gasteiger partial charge in [-0.05, 0) is 54.7 Å².